The van der Waals surface area contributed by atoms with E-state index in [1.54, 1.807) is 0 Å². The highest BCUT2D eigenvalue weighted by molar-refractivity contribution is 7.26. The van der Waals surface area contributed by atoms with Gasteiger partial charge in [-0.15, -0.1) is 11.3 Å². The average Bonchev–Trinajstić information content (AvgIpc) is 3.94. The summed E-state index contributed by atoms with van der Waals surface area (Å²) in [7, 11) is 0. The van der Waals surface area contributed by atoms with Crippen LogP contribution in [0.4, 0.5) is 0 Å². The molecule has 0 saturated heterocycles. The molecule has 0 atom stereocenters. The summed E-state index contributed by atoms with van der Waals surface area (Å²) in [5.41, 5.74) is 12.7. The van der Waals surface area contributed by atoms with E-state index in [0.29, 0.717) is 0 Å². The number of nitrogens with zero attached hydrogens (tertiary/aromatic N) is 3. The monoisotopic (exact) mass is 679 g/mol. The zero-order valence-corrected chi connectivity index (χ0v) is 28.8. The van der Waals surface area contributed by atoms with Gasteiger partial charge < -0.3 is 4.57 Å². The van der Waals surface area contributed by atoms with Gasteiger partial charge in [0.05, 0.1) is 26.8 Å². The molecule has 0 amide bonds. The van der Waals surface area contributed by atoms with Crippen molar-refractivity contribution in [1.82, 2.24) is 14.1 Å². The lowest BCUT2D eigenvalue weighted by atomic mass is 9.88. The first-order chi connectivity index (χ1) is 25.8. The summed E-state index contributed by atoms with van der Waals surface area (Å²) in [5, 5.41) is 7.53. The molecule has 242 valence electrons. The van der Waals surface area contributed by atoms with Crippen molar-refractivity contribution in [3.8, 4) is 22.6 Å². The second-order valence-electron chi connectivity index (χ2n) is 13.9. The number of pyridine rings is 1. The molecule has 1 aliphatic rings. The number of aromatic nitrogens is 3. The lowest BCUT2D eigenvalue weighted by Gasteiger charge is -2.15. The first-order valence-corrected chi connectivity index (χ1v) is 18.6. The van der Waals surface area contributed by atoms with Gasteiger partial charge in [0.25, 0.3) is 0 Å². The van der Waals surface area contributed by atoms with E-state index in [1.165, 1.54) is 91.6 Å². The van der Waals surface area contributed by atoms with Gasteiger partial charge >= 0.3 is 0 Å². The minimum Gasteiger partial charge on any atom is -0.309 e. The van der Waals surface area contributed by atoms with Gasteiger partial charge in [-0.3, -0.25) is 4.57 Å². The molecule has 0 spiro atoms. The van der Waals surface area contributed by atoms with Gasteiger partial charge in [0.1, 0.15) is 0 Å². The number of benzene rings is 7. The molecule has 1 aliphatic carbocycles. The molecule has 0 N–H and O–H groups in total. The number of hydrogen-bond acceptors (Lipinski definition) is 2. The Kier molecular flexibility index (Phi) is 5.71. The van der Waals surface area contributed by atoms with Crippen molar-refractivity contribution in [2.75, 3.05) is 0 Å². The maximum atomic E-state index is 5.04. The van der Waals surface area contributed by atoms with E-state index in [1.807, 2.05) is 17.5 Å². The smallest absolute Gasteiger partial charge is 0.155 e. The Hall–Kier alpha value is -6.49. The van der Waals surface area contributed by atoms with Gasteiger partial charge in [-0.25, -0.2) is 4.98 Å². The van der Waals surface area contributed by atoms with Gasteiger partial charge in [-0.2, -0.15) is 0 Å². The predicted octanol–water partition coefficient (Wildman–Crippen LogP) is 12.8. The van der Waals surface area contributed by atoms with E-state index in [-0.39, 0.29) is 5.92 Å². The number of thiophene rings is 1. The molecule has 0 aliphatic heterocycles. The third kappa shape index (κ3) is 3.77. The van der Waals surface area contributed by atoms with E-state index in [4.69, 9.17) is 4.98 Å². The Bertz CT molecular complexity index is 3170. The van der Waals surface area contributed by atoms with E-state index in [2.05, 4.69) is 173 Å². The highest BCUT2D eigenvalue weighted by Crippen LogP contribution is 2.49. The molecule has 7 aromatic carbocycles. The quantitative estimate of drug-likeness (QED) is 0.182. The van der Waals surface area contributed by atoms with Crippen LogP contribution in [-0.2, 0) is 0 Å². The normalized spacial score (nSPS) is 12.9. The minimum atomic E-state index is 0.213. The SMILES string of the molecule is c1ccc2c(c1)-c1ccccc1C2c1ccc2c(c1)c1ccccc1n2-c1ccc2sc3c(-n4c5ccccc5c5ccccc54)nccc3c2c1. The largest absolute Gasteiger partial charge is 0.309 e. The van der Waals surface area contributed by atoms with Crippen molar-refractivity contribution in [3.63, 3.8) is 0 Å². The molecule has 0 saturated carbocycles. The van der Waals surface area contributed by atoms with Gasteiger partial charge in [0.2, 0.25) is 0 Å². The summed E-state index contributed by atoms with van der Waals surface area (Å²) >= 11 is 1.83. The van der Waals surface area contributed by atoms with E-state index in [9.17, 15) is 0 Å². The fourth-order valence-electron chi connectivity index (χ4n) is 9.09. The molecule has 4 heterocycles. The molecule has 0 radical (unpaired) electrons. The van der Waals surface area contributed by atoms with Crippen LogP contribution in [0.1, 0.15) is 22.6 Å². The summed E-state index contributed by atoms with van der Waals surface area (Å²) in [5.74, 6) is 1.20. The molecule has 11 aromatic rings. The van der Waals surface area contributed by atoms with E-state index < -0.39 is 0 Å². The van der Waals surface area contributed by atoms with Crippen LogP contribution in [0.2, 0.25) is 0 Å². The molecular formula is C48H29N3S. The van der Waals surface area contributed by atoms with Crippen LogP contribution in [-0.4, -0.2) is 14.1 Å². The van der Waals surface area contributed by atoms with Crippen LogP contribution in [0, 0.1) is 0 Å². The molecule has 4 aromatic heterocycles. The number of para-hydroxylation sites is 3. The number of hydrogen-bond donors (Lipinski definition) is 0. The first-order valence-electron chi connectivity index (χ1n) is 17.8. The lowest BCUT2D eigenvalue weighted by Crippen LogP contribution is -1.99. The minimum absolute atomic E-state index is 0.213. The summed E-state index contributed by atoms with van der Waals surface area (Å²) in [6.45, 7) is 0. The lowest BCUT2D eigenvalue weighted by molar-refractivity contribution is 1.02. The molecule has 52 heavy (non-hydrogen) atoms. The number of rotatable bonds is 3. The predicted molar refractivity (Wildman–Crippen MR) is 219 cm³/mol. The fourth-order valence-corrected chi connectivity index (χ4v) is 10.2. The van der Waals surface area contributed by atoms with Crippen LogP contribution in [0.3, 0.4) is 0 Å². The van der Waals surface area contributed by atoms with Crippen molar-refractivity contribution in [2.45, 2.75) is 5.92 Å². The Labute approximate surface area is 303 Å². The maximum Gasteiger partial charge on any atom is 0.155 e. The standard InChI is InChI=1S/C48H29N3S/c1-3-16-36-31(11-1)32-12-2-4-17-37(32)46(36)29-21-23-44-39(27-29)35-15-7-8-18-41(35)50(44)30-22-24-45-40(28-30)38-25-26-49-48(47(38)52-45)51-42-19-9-5-13-33(42)34-14-6-10-20-43(34)51/h1-28,46H. The van der Waals surface area contributed by atoms with Crippen molar-refractivity contribution in [3.05, 3.63) is 187 Å². The highest BCUT2D eigenvalue weighted by atomic mass is 32.1. The molecular weight excluding hydrogens is 651 g/mol. The van der Waals surface area contributed by atoms with Gasteiger partial charge in [-0.1, -0.05) is 109 Å². The highest BCUT2D eigenvalue weighted by Gasteiger charge is 2.30. The zero-order valence-electron chi connectivity index (χ0n) is 28.0. The van der Waals surface area contributed by atoms with Crippen LogP contribution in [0.5, 0.6) is 0 Å². The summed E-state index contributed by atoms with van der Waals surface area (Å²) in [6.07, 6.45) is 1.97. The fraction of sp³-hybridized carbons (Fsp3) is 0.0208. The molecule has 12 rings (SSSR count). The molecule has 0 fully saturated rings. The Morgan fingerprint density at radius 1 is 0.442 bits per heavy atom. The third-order valence-electron chi connectivity index (χ3n) is 11.3. The van der Waals surface area contributed by atoms with Crippen molar-refractivity contribution in [1.29, 1.82) is 0 Å². The third-order valence-corrected chi connectivity index (χ3v) is 12.4. The van der Waals surface area contributed by atoms with Crippen LogP contribution < -0.4 is 0 Å². The molecule has 4 heteroatoms. The second-order valence-corrected chi connectivity index (χ2v) is 15.0. The average molecular weight is 680 g/mol. The Balaban J connectivity index is 1.06. The molecule has 0 unspecified atom stereocenters. The van der Waals surface area contributed by atoms with Gasteiger partial charge in [-0.05, 0) is 82.4 Å². The van der Waals surface area contributed by atoms with E-state index in [0.717, 1.165) is 11.5 Å². The Morgan fingerprint density at radius 3 is 1.71 bits per heavy atom. The van der Waals surface area contributed by atoms with Crippen molar-refractivity contribution in [2.24, 2.45) is 0 Å². The zero-order chi connectivity index (χ0) is 33.9. The van der Waals surface area contributed by atoms with Crippen LogP contribution >= 0.6 is 11.3 Å². The van der Waals surface area contributed by atoms with Crippen molar-refractivity contribution >= 4 is 75.1 Å². The maximum absolute atomic E-state index is 5.04. The van der Waals surface area contributed by atoms with Crippen LogP contribution in [0.25, 0.3) is 86.4 Å². The van der Waals surface area contributed by atoms with Crippen LogP contribution in [0.15, 0.2) is 170 Å². The van der Waals surface area contributed by atoms with E-state index >= 15 is 0 Å². The van der Waals surface area contributed by atoms with Gasteiger partial charge in [0, 0.05) is 54.8 Å². The summed E-state index contributed by atoms with van der Waals surface area (Å²) in [6, 6.07) is 60.3. The first kappa shape index (κ1) is 28.2. The number of fused-ring (bicyclic) bond motifs is 12. The summed E-state index contributed by atoms with van der Waals surface area (Å²) in [4.78, 5) is 5.04. The Morgan fingerprint density at radius 2 is 1.02 bits per heavy atom. The second kappa shape index (κ2) is 10.5. The molecule has 3 nitrogen and oxygen atoms in total. The van der Waals surface area contributed by atoms with Crippen molar-refractivity contribution < 1.29 is 0 Å². The molecule has 0 bridgehead atoms. The summed E-state index contributed by atoms with van der Waals surface area (Å²) < 4.78 is 7.25. The van der Waals surface area contributed by atoms with Gasteiger partial charge in [0.15, 0.2) is 5.82 Å². The topological polar surface area (TPSA) is 22.8 Å².